The Balaban J connectivity index is 1.64. The number of aromatic nitrogens is 4. The van der Waals surface area contributed by atoms with E-state index >= 15 is 0 Å². The van der Waals surface area contributed by atoms with Crippen molar-refractivity contribution in [2.45, 2.75) is 13.8 Å². The molecule has 140 valence electrons. The number of halogens is 1. The fourth-order valence-electron chi connectivity index (χ4n) is 2.60. The van der Waals surface area contributed by atoms with Gasteiger partial charge in [-0.3, -0.25) is 4.79 Å². The molecule has 0 spiro atoms. The lowest BCUT2D eigenvalue weighted by atomic mass is 10.2. The van der Waals surface area contributed by atoms with Crippen LogP contribution in [0.2, 0.25) is 5.02 Å². The molecule has 8 nitrogen and oxygen atoms in total. The number of amides is 1. The molecule has 0 fully saturated rings. The fourth-order valence-corrected chi connectivity index (χ4v) is 2.75. The van der Waals surface area contributed by atoms with E-state index in [0.29, 0.717) is 16.5 Å². The van der Waals surface area contributed by atoms with Gasteiger partial charge >= 0.3 is 0 Å². The number of hydrogen-bond donors (Lipinski definition) is 2. The van der Waals surface area contributed by atoms with Crippen molar-refractivity contribution >= 4 is 28.9 Å². The first-order chi connectivity index (χ1) is 13.0. The van der Waals surface area contributed by atoms with Gasteiger partial charge in [-0.25, -0.2) is 4.68 Å². The summed E-state index contributed by atoms with van der Waals surface area (Å²) in [6.45, 7) is 3.92. The van der Waals surface area contributed by atoms with Crippen molar-refractivity contribution in [3.63, 3.8) is 0 Å². The van der Waals surface area contributed by atoms with Crippen molar-refractivity contribution in [2.75, 3.05) is 24.3 Å². The smallest absolute Gasteiger partial charge is 0.243 e. The van der Waals surface area contributed by atoms with E-state index in [9.17, 15) is 4.79 Å². The van der Waals surface area contributed by atoms with Gasteiger partial charge in [-0.1, -0.05) is 11.6 Å². The van der Waals surface area contributed by atoms with E-state index < -0.39 is 0 Å². The minimum Gasteiger partial charge on any atom is -0.495 e. The van der Waals surface area contributed by atoms with Crippen LogP contribution in [0.4, 0.5) is 11.4 Å². The molecule has 0 saturated carbocycles. The summed E-state index contributed by atoms with van der Waals surface area (Å²) < 4.78 is 6.86. The Bertz CT molecular complexity index is 959. The second kappa shape index (κ2) is 8.05. The number of nitrogens with zero attached hydrogens (tertiary/aromatic N) is 4. The van der Waals surface area contributed by atoms with Crippen LogP contribution in [0, 0.1) is 13.8 Å². The predicted octanol–water partition coefficient (Wildman–Crippen LogP) is 2.99. The monoisotopic (exact) mass is 386 g/mol. The second-order valence-electron chi connectivity index (χ2n) is 5.96. The standard InChI is InChI=1S/C18H19ClN6O2/c1-11-7-15(17(27-3)8-14(11)19)22-18(26)9-20-13-4-5-16(12(2)6-13)25-10-21-23-24-25/h4-8,10,20H,9H2,1-3H3,(H,22,26). The van der Waals surface area contributed by atoms with Gasteiger partial charge in [0.25, 0.3) is 0 Å². The van der Waals surface area contributed by atoms with E-state index in [1.165, 1.54) is 13.4 Å². The number of tetrazole rings is 1. The fraction of sp³-hybridized carbons (Fsp3) is 0.222. The molecule has 0 bridgehead atoms. The lowest BCUT2D eigenvalue weighted by molar-refractivity contribution is -0.114. The third kappa shape index (κ3) is 4.35. The zero-order valence-corrected chi connectivity index (χ0v) is 15.9. The molecule has 0 aliphatic rings. The van der Waals surface area contributed by atoms with E-state index in [-0.39, 0.29) is 12.5 Å². The summed E-state index contributed by atoms with van der Waals surface area (Å²) in [5, 5.41) is 17.7. The van der Waals surface area contributed by atoms with Gasteiger partial charge in [0, 0.05) is 16.8 Å². The lowest BCUT2D eigenvalue weighted by Gasteiger charge is -2.13. The van der Waals surface area contributed by atoms with Crippen LogP contribution in [0.15, 0.2) is 36.7 Å². The number of carbonyl (C=O) groups is 1. The number of anilines is 2. The molecule has 0 radical (unpaired) electrons. The van der Waals surface area contributed by atoms with E-state index in [4.69, 9.17) is 16.3 Å². The number of benzene rings is 2. The van der Waals surface area contributed by atoms with Crippen LogP contribution in [0.25, 0.3) is 5.69 Å². The largest absolute Gasteiger partial charge is 0.495 e. The van der Waals surface area contributed by atoms with Crippen molar-refractivity contribution in [1.82, 2.24) is 20.2 Å². The highest BCUT2D eigenvalue weighted by Crippen LogP contribution is 2.30. The van der Waals surface area contributed by atoms with Gasteiger partial charge in [0.2, 0.25) is 5.91 Å². The first-order valence-electron chi connectivity index (χ1n) is 8.20. The van der Waals surface area contributed by atoms with Crippen LogP contribution in [0.3, 0.4) is 0 Å². The summed E-state index contributed by atoms with van der Waals surface area (Å²) in [5.74, 6) is 0.317. The van der Waals surface area contributed by atoms with Crippen LogP contribution in [0.5, 0.6) is 5.75 Å². The van der Waals surface area contributed by atoms with Crippen LogP contribution in [-0.2, 0) is 4.79 Å². The summed E-state index contributed by atoms with van der Waals surface area (Å²) in [4.78, 5) is 12.3. The van der Waals surface area contributed by atoms with Gasteiger partial charge in [-0.2, -0.15) is 0 Å². The number of nitrogens with one attached hydrogen (secondary N) is 2. The molecule has 3 rings (SSSR count). The van der Waals surface area contributed by atoms with Crippen LogP contribution < -0.4 is 15.4 Å². The summed E-state index contributed by atoms with van der Waals surface area (Å²) in [6.07, 6.45) is 1.53. The first-order valence-corrected chi connectivity index (χ1v) is 8.57. The molecule has 0 aliphatic heterocycles. The van der Waals surface area contributed by atoms with Gasteiger partial charge in [-0.15, -0.1) is 5.10 Å². The highest BCUT2D eigenvalue weighted by molar-refractivity contribution is 6.31. The van der Waals surface area contributed by atoms with E-state index in [0.717, 1.165) is 22.5 Å². The molecule has 0 atom stereocenters. The lowest BCUT2D eigenvalue weighted by Crippen LogP contribution is -2.22. The molecule has 2 aromatic carbocycles. The van der Waals surface area contributed by atoms with Crippen LogP contribution in [-0.4, -0.2) is 39.8 Å². The minimum absolute atomic E-state index is 0.106. The maximum absolute atomic E-state index is 12.3. The molecule has 3 aromatic rings. The number of methoxy groups -OCH3 is 1. The number of hydrogen-bond acceptors (Lipinski definition) is 6. The molecule has 2 N–H and O–H groups in total. The number of ether oxygens (including phenoxy) is 1. The topological polar surface area (TPSA) is 94.0 Å². The Morgan fingerprint density at radius 1 is 1.22 bits per heavy atom. The molecule has 0 unspecified atom stereocenters. The van der Waals surface area contributed by atoms with E-state index in [1.54, 1.807) is 16.8 Å². The van der Waals surface area contributed by atoms with Crippen LogP contribution >= 0.6 is 11.6 Å². The Labute approximate surface area is 161 Å². The Morgan fingerprint density at radius 3 is 2.70 bits per heavy atom. The molecule has 9 heteroatoms. The van der Waals surface area contributed by atoms with Gasteiger partial charge in [0.05, 0.1) is 25.0 Å². The summed E-state index contributed by atoms with van der Waals surface area (Å²) in [5.41, 5.74) is 4.10. The third-order valence-electron chi connectivity index (χ3n) is 4.00. The molecule has 1 heterocycles. The minimum atomic E-state index is -0.197. The molecular weight excluding hydrogens is 368 g/mol. The van der Waals surface area contributed by atoms with Crippen molar-refractivity contribution < 1.29 is 9.53 Å². The molecule has 1 amide bonds. The second-order valence-corrected chi connectivity index (χ2v) is 6.37. The summed E-state index contributed by atoms with van der Waals surface area (Å²) >= 11 is 6.09. The normalized spacial score (nSPS) is 10.5. The van der Waals surface area contributed by atoms with Crippen molar-refractivity contribution in [3.05, 3.63) is 52.8 Å². The third-order valence-corrected chi connectivity index (χ3v) is 4.41. The number of aryl methyl sites for hydroxylation is 2. The van der Waals surface area contributed by atoms with Crippen molar-refractivity contribution in [1.29, 1.82) is 0 Å². The maximum Gasteiger partial charge on any atom is 0.243 e. The molecular formula is C18H19ClN6O2. The van der Waals surface area contributed by atoms with Crippen molar-refractivity contribution in [2.24, 2.45) is 0 Å². The van der Waals surface area contributed by atoms with Crippen molar-refractivity contribution in [3.8, 4) is 11.4 Å². The average Bonchev–Trinajstić information content (AvgIpc) is 3.17. The predicted molar refractivity (Wildman–Crippen MR) is 104 cm³/mol. The van der Waals surface area contributed by atoms with Crippen LogP contribution in [0.1, 0.15) is 11.1 Å². The quantitative estimate of drug-likeness (QED) is 0.676. The highest BCUT2D eigenvalue weighted by Gasteiger charge is 2.11. The zero-order chi connectivity index (χ0) is 19.4. The zero-order valence-electron chi connectivity index (χ0n) is 15.2. The Hall–Kier alpha value is -3.13. The van der Waals surface area contributed by atoms with Gasteiger partial charge < -0.3 is 15.4 Å². The highest BCUT2D eigenvalue weighted by atomic mass is 35.5. The maximum atomic E-state index is 12.3. The van der Waals surface area contributed by atoms with E-state index in [1.807, 2.05) is 32.0 Å². The summed E-state index contributed by atoms with van der Waals surface area (Å²) in [6, 6.07) is 9.14. The molecule has 0 aliphatic carbocycles. The SMILES string of the molecule is COc1cc(Cl)c(C)cc1NC(=O)CNc1ccc(-n2cnnn2)c(C)c1. The Morgan fingerprint density at radius 2 is 2.04 bits per heavy atom. The average molecular weight is 387 g/mol. The van der Waals surface area contributed by atoms with Gasteiger partial charge in [0.15, 0.2) is 0 Å². The molecule has 27 heavy (non-hydrogen) atoms. The van der Waals surface area contributed by atoms with Gasteiger partial charge in [0.1, 0.15) is 12.1 Å². The number of carbonyl (C=O) groups excluding carboxylic acids is 1. The number of rotatable bonds is 6. The molecule has 1 aromatic heterocycles. The first kappa shape index (κ1) is 18.7. The Kier molecular flexibility index (Phi) is 5.56. The summed E-state index contributed by atoms with van der Waals surface area (Å²) in [7, 11) is 1.53. The van der Waals surface area contributed by atoms with E-state index in [2.05, 4.69) is 26.2 Å². The molecule has 0 saturated heterocycles. The van der Waals surface area contributed by atoms with Gasteiger partial charge in [-0.05, 0) is 59.7 Å².